The van der Waals surface area contributed by atoms with Crippen molar-refractivity contribution >= 4 is 50.9 Å². The van der Waals surface area contributed by atoms with Crippen molar-refractivity contribution in [3.63, 3.8) is 0 Å². The van der Waals surface area contributed by atoms with Crippen LogP contribution in [0.5, 0.6) is 0 Å². The van der Waals surface area contributed by atoms with E-state index >= 15 is 0 Å². The van der Waals surface area contributed by atoms with E-state index in [9.17, 15) is 18.0 Å². The number of nitrogens with zero attached hydrogens (tertiary/aromatic N) is 1. The summed E-state index contributed by atoms with van der Waals surface area (Å²) in [4.78, 5) is 25.8. The molecule has 164 valence electrons. The van der Waals surface area contributed by atoms with Crippen LogP contribution in [0.4, 0.5) is 5.69 Å². The van der Waals surface area contributed by atoms with Gasteiger partial charge in [0.2, 0.25) is 21.8 Å². The number of anilines is 1. The second-order valence-corrected chi connectivity index (χ2v) is 11.1. The average Bonchev–Trinajstić information content (AvgIpc) is 3.29. The SMILES string of the molecule is O=C(CC1Sc2ccc(Cl)cc2NC1=O)NCc1ccc(S(=O)(=O)N2CCCC2)cc1. The van der Waals surface area contributed by atoms with Crippen LogP contribution < -0.4 is 10.6 Å². The van der Waals surface area contributed by atoms with Gasteiger partial charge in [-0.3, -0.25) is 9.59 Å². The number of benzene rings is 2. The highest BCUT2D eigenvalue weighted by Gasteiger charge is 2.29. The molecule has 2 amide bonds. The summed E-state index contributed by atoms with van der Waals surface area (Å²) in [5, 5.41) is 5.60. The summed E-state index contributed by atoms with van der Waals surface area (Å²) in [6, 6.07) is 11.8. The van der Waals surface area contributed by atoms with Crippen LogP contribution in [-0.2, 0) is 26.2 Å². The maximum absolute atomic E-state index is 12.6. The number of hydrogen-bond donors (Lipinski definition) is 2. The number of nitrogens with one attached hydrogen (secondary N) is 2. The first-order valence-electron chi connectivity index (χ1n) is 9.96. The number of halogens is 1. The van der Waals surface area contributed by atoms with Crippen LogP contribution in [0.1, 0.15) is 24.8 Å². The predicted molar refractivity (Wildman–Crippen MR) is 121 cm³/mol. The fraction of sp³-hybridized carbons (Fsp3) is 0.333. The van der Waals surface area contributed by atoms with Crippen LogP contribution in [0.2, 0.25) is 5.02 Å². The van der Waals surface area contributed by atoms with Crippen LogP contribution in [0.15, 0.2) is 52.3 Å². The monoisotopic (exact) mass is 479 g/mol. The van der Waals surface area contributed by atoms with Gasteiger partial charge in [0.15, 0.2) is 0 Å². The van der Waals surface area contributed by atoms with Crippen molar-refractivity contribution in [3.8, 4) is 0 Å². The molecule has 2 aromatic rings. The van der Waals surface area contributed by atoms with Crippen LogP contribution in [0.25, 0.3) is 0 Å². The number of carbonyl (C=O) groups is 2. The zero-order valence-electron chi connectivity index (χ0n) is 16.6. The van der Waals surface area contributed by atoms with E-state index < -0.39 is 15.3 Å². The van der Waals surface area contributed by atoms with E-state index in [-0.39, 0.29) is 29.7 Å². The number of fused-ring (bicyclic) bond motifs is 1. The number of hydrogen-bond acceptors (Lipinski definition) is 5. The Hall–Kier alpha value is -2.07. The first kappa shape index (κ1) is 22.1. The van der Waals surface area contributed by atoms with E-state index in [1.165, 1.54) is 16.1 Å². The highest BCUT2D eigenvalue weighted by molar-refractivity contribution is 8.01. The molecule has 0 radical (unpaired) electrons. The molecule has 2 N–H and O–H groups in total. The van der Waals surface area contributed by atoms with Gasteiger partial charge in [-0.2, -0.15) is 4.31 Å². The normalized spacial score (nSPS) is 19.0. The number of thioether (sulfide) groups is 1. The molecule has 2 aromatic carbocycles. The zero-order valence-corrected chi connectivity index (χ0v) is 19.0. The zero-order chi connectivity index (χ0) is 22.0. The molecule has 1 saturated heterocycles. The second kappa shape index (κ2) is 9.20. The molecule has 0 spiro atoms. The molecule has 7 nitrogen and oxygen atoms in total. The van der Waals surface area contributed by atoms with Crippen molar-refractivity contribution in [1.82, 2.24) is 9.62 Å². The lowest BCUT2D eigenvalue weighted by atomic mass is 10.2. The van der Waals surface area contributed by atoms with E-state index in [0.29, 0.717) is 23.8 Å². The van der Waals surface area contributed by atoms with Crippen LogP contribution in [0.3, 0.4) is 0 Å². The fourth-order valence-electron chi connectivity index (χ4n) is 3.56. The third kappa shape index (κ3) is 5.06. The van der Waals surface area contributed by atoms with Gasteiger partial charge in [0, 0.05) is 36.0 Å². The quantitative estimate of drug-likeness (QED) is 0.663. The standard InChI is InChI=1S/C21H22ClN3O4S2/c22-15-5-8-18-17(11-15)24-21(27)19(30-18)12-20(26)23-13-14-3-6-16(7-4-14)31(28,29)25-9-1-2-10-25/h3-8,11,19H,1-2,9-10,12-13H2,(H,23,26)(H,24,27). The maximum atomic E-state index is 12.6. The molecule has 1 atom stereocenters. The summed E-state index contributed by atoms with van der Waals surface area (Å²) in [7, 11) is -3.45. The van der Waals surface area contributed by atoms with Crippen LogP contribution >= 0.6 is 23.4 Å². The van der Waals surface area contributed by atoms with Crippen molar-refractivity contribution in [1.29, 1.82) is 0 Å². The summed E-state index contributed by atoms with van der Waals surface area (Å²) >= 11 is 7.29. The topological polar surface area (TPSA) is 95.6 Å². The highest BCUT2D eigenvalue weighted by atomic mass is 35.5. The lowest BCUT2D eigenvalue weighted by Crippen LogP contribution is -2.34. The third-order valence-corrected chi connectivity index (χ3v) is 8.67. The Kier molecular flexibility index (Phi) is 6.57. The van der Waals surface area contributed by atoms with Crippen molar-refractivity contribution in [3.05, 3.63) is 53.1 Å². The molecule has 10 heteroatoms. The lowest BCUT2D eigenvalue weighted by Gasteiger charge is -2.23. The predicted octanol–water partition coefficient (Wildman–Crippen LogP) is 3.24. The number of rotatable bonds is 6. The summed E-state index contributed by atoms with van der Waals surface area (Å²) in [6.45, 7) is 1.38. The molecule has 4 rings (SSSR count). The van der Waals surface area contributed by atoms with E-state index in [2.05, 4.69) is 10.6 Å². The van der Waals surface area contributed by atoms with Gasteiger partial charge < -0.3 is 10.6 Å². The van der Waals surface area contributed by atoms with Crippen molar-refractivity contribution in [2.45, 2.75) is 40.8 Å². The number of carbonyl (C=O) groups excluding carboxylic acids is 2. The number of amides is 2. The van der Waals surface area contributed by atoms with Crippen LogP contribution in [0, 0.1) is 0 Å². The van der Waals surface area contributed by atoms with Crippen LogP contribution in [-0.4, -0.2) is 42.9 Å². The Bertz CT molecular complexity index is 1100. The van der Waals surface area contributed by atoms with E-state index in [1.54, 1.807) is 36.4 Å². The van der Waals surface area contributed by atoms with Gasteiger partial charge in [0.05, 0.1) is 15.8 Å². The third-order valence-electron chi connectivity index (χ3n) is 5.25. The molecule has 1 fully saturated rings. The van der Waals surface area contributed by atoms with Crippen molar-refractivity contribution in [2.75, 3.05) is 18.4 Å². The number of sulfonamides is 1. The molecule has 0 saturated carbocycles. The molecular formula is C21H22ClN3O4S2. The molecule has 31 heavy (non-hydrogen) atoms. The Morgan fingerprint density at radius 2 is 1.87 bits per heavy atom. The Morgan fingerprint density at radius 1 is 1.16 bits per heavy atom. The average molecular weight is 480 g/mol. The highest BCUT2D eigenvalue weighted by Crippen LogP contribution is 2.38. The minimum absolute atomic E-state index is 0.0417. The Balaban J connectivity index is 1.32. The molecule has 0 bridgehead atoms. The minimum Gasteiger partial charge on any atom is -0.352 e. The largest absolute Gasteiger partial charge is 0.352 e. The lowest BCUT2D eigenvalue weighted by molar-refractivity contribution is -0.124. The molecule has 0 aliphatic carbocycles. The van der Waals surface area contributed by atoms with Crippen molar-refractivity contribution in [2.24, 2.45) is 0 Å². The van der Waals surface area contributed by atoms with Gasteiger partial charge in [0.25, 0.3) is 0 Å². The molecule has 2 heterocycles. The molecule has 1 unspecified atom stereocenters. The summed E-state index contributed by atoms with van der Waals surface area (Å²) < 4.78 is 26.7. The summed E-state index contributed by atoms with van der Waals surface area (Å²) in [5.74, 6) is -0.481. The van der Waals surface area contributed by atoms with Gasteiger partial charge in [-0.05, 0) is 48.7 Å². The molecular weight excluding hydrogens is 458 g/mol. The molecule has 2 aliphatic rings. The van der Waals surface area contributed by atoms with Gasteiger partial charge in [-0.1, -0.05) is 23.7 Å². The fourth-order valence-corrected chi connectivity index (χ4v) is 6.33. The molecule has 0 aromatic heterocycles. The summed E-state index contributed by atoms with van der Waals surface area (Å²) in [6.07, 6.45) is 1.82. The van der Waals surface area contributed by atoms with E-state index in [1.807, 2.05) is 6.07 Å². The van der Waals surface area contributed by atoms with E-state index in [0.717, 1.165) is 23.3 Å². The second-order valence-electron chi connectivity index (χ2n) is 7.47. The smallest absolute Gasteiger partial charge is 0.243 e. The Labute approximate surface area is 190 Å². The maximum Gasteiger partial charge on any atom is 0.243 e. The first-order chi connectivity index (χ1) is 14.8. The first-order valence-corrected chi connectivity index (χ1v) is 12.7. The van der Waals surface area contributed by atoms with E-state index in [4.69, 9.17) is 11.6 Å². The summed E-state index contributed by atoms with van der Waals surface area (Å²) in [5.41, 5.74) is 1.44. The van der Waals surface area contributed by atoms with Gasteiger partial charge >= 0.3 is 0 Å². The van der Waals surface area contributed by atoms with Gasteiger partial charge in [-0.25, -0.2) is 8.42 Å². The minimum atomic E-state index is -3.45. The molecule has 2 aliphatic heterocycles. The van der Waals surface area contributed by atoms with Gasteiger partial charge in [-0.15, -0.1) is 11.8 Å². The van der Waals surface area contributed by atoms with Crippen molar-refractivity contribution < 1.29 is 18.0 Å². The van der Waals surface area contributed by atoms with Gasteiger partial charge in [0.1, 0.15) is 0 Å². The Morgan fingerprint density at radius 3 is 2.58 bits per heavy atom.